The lowest BCUT2D eigenvalue weighted by Crippen LogP contribution is -2.02. The van der Waals surface area contributed by atoms with E-state index in [9.17, 15) is 0 Å². The second-order valence-electron chi connectivity index (χ2n) is 2.29. The number of nitrogens with two attached hydrogens (primary N) is 3. The summed E-state index contributed by atoms with van der Waals surface area (Å²) in [5.74, 6) is 1.10. The molecule has 0 fully saturated rings. The zero-order valence-corrected chi connectivity index (χ0v) is 6.10. The lowest BCUT2D eigenvalue weighted by Gasteiger charge is -1.96. The molecule has 0 spiro atoms. The quantitative estimate of drug-likeness (QED) is 0.454. The van der Waals surface area contributed by atoms with Crippen LogP contribution in [0.25, 0.3) is 5.78 Å². The Morgan fingerprint density at radius 2 is 1.92 bits per heavy atom. The molecule has 0 bridgehead atoms. The highest BCUT2D eigenvalue weighted by Gasteiger charge is 2.04. The normalized spacial score (nSPS) is 10.7. The number of hydrogen-bond donors (Lipinski definition) is 3. The summed E-state index contributed by atoms with van der Waals surface area (Å²) in [6, 6.07) is 1.49. The largest absolute Gasteiger partial charge is 0.383 e. The summed E-state index contributed by atoms with van der Waals surface area (Å²) in [4.78, 5) is 7.66. The maximum absolute atomic E-state index is 5.56. The van der Waals surface area contributed by atoms with E-state index in [1.807, 2.05) is 0 Å². The van der Waals surface area contributed by atoms with Gasteiger partial charge in [-0.05, 0) is 0 Å². The molecule has 12 heavy (non-hydrogen) atoms. The molecule has 0 aliphatic heterocycles. The summed E-state index contributed by atoms with van der Waals surface area (Å²) in [6.07, 6.45) is 0. The van der Waals surface area contributed by atoms with Crippen molar-refractivity contribution in [1.82, 2.24) is 19.6 Å². The van der Waals surface area contributed by atoms with Crippen LogP contribution in [-0.4, -0.2) is 19.6 Å². The minimum Gasteiger partial charge on any atom is -0.383 e. The Labute approximate surface area is 67.2 Å². The van der Waals surface area contributed by atoms with Crippen LogP contribution in [0, 0.1) is 0 Å². The maximum atomic E-state index is 5.56. The van der Waals surface area contributed by atoms with Gasteiger partial charge in [-0.15, -0.1) is 5.10 Å². The predicted octanol–water partition coefficient (Wildman–Crippen LogP) is -1.13. The minimum absolute atomic E-state index is 0.125. The number of aromatic nitrogens is 4. The average Bonchev–Trinajstić information content (AvgIpc) is 2.29. The third-order valence-electron chi connectivity index (χ3n) is 1.38. The third kappa shape index (κ3) is 0.797. The summed E-state index contributed by atoms with van der Waals surface area (Å²) in [6.45, 7) is 0. The summed E-state index contributed by atoms with van der Waals surface area (Å²) in [7, 11) is 0. The Hall–Kier alpha value is -2.05. The van der Waals surface area contributed by atoms with Gasteiger partial charge in [0, 0.05) is 6.07 Å². The number of rotatable bonds is 0. The van der Waals surface area contributed by atoms with Gasteiger partial charge in [0.25, 0.3) is 5.78 Å². The van der Waals surface area contributed by atoms with E-state index >= 15 is 0 Å². The molecular weight excluding hydrogens is 158 g/mol. The van der Waals surface area contributed by atoms with Crippen LogP contribution in [-0.2, 0) is 0 Å². The molecule has 2 aromatic rings. The van der Waals surface area contributed by atoms with E-state index in [0.717, 1.165) is 0 Å². The molecule has 0 amide bonds. The Bertz CT molecular complexity index is 431. The molecule has 62 valence electrons. The first-order valence-electron chi connectivity index (χ1n) is 3.21. The van der Waals surface area contributed by atoms with Crippen LogP contribution >= 0.6 is 0 Å². The Morgan fingerprint density at radius 3 is 2.67 bits per heavy atom. The fourth-order valence-corrected chi connectivity index (χ4v) is 0.925. The zero-order chi connectivity index (χ0) is 8.72. The second-order valence-corrected chi connectivity index (χ2v) is 2.29. The van der Waals surface area contributed by atoms with E-state index in [1.165, 1.54) is 10.6 Å². The van der Waals surface area contributed by atoms with Crippen molar-refractivity contribution in [2.45, 2.75) is 0 Å². The van der Waals surface area contributed by atoms with E-state index in [0.29, 0.717) is 17.4 Å². The van der Waals surface area contributed by atoms with Crippen LogP contribution in [0.15, 0.2) is 6.07 Å². The zero-order valence-electron chi connectivity index (χ0n) is 6.10. The molecule has 2 aromatic heterocycles. The van der Waals surface area contributed by atoms with Crippen LogP contribution in [0.5, 0.6) is 0 Å². The highest BCUT2D eigenvalue weighted by atomic mass is 15.4. The van der Waals surface area contributed by atoms with Crippen LogP contribution in [0.4, 0.5) is 17.6 Å². The smallest absolute Gasteiger partial charge is 0.257 e. The molecule has 0 aliphatic carbocycles. The first-order chi connectivity index (χ1) is 5.66. The SMILES string of the molecule is Nc1cc(N)n2nc(N)nc2n1. The van der Waals surface area contributed by atoms with Crippen molar-refractivity contribution >= 4 is 23.4 Å². The third-order valence-corrected chi connectivity index (χ3v) is 1.38. The van der Waals surface area contributed by atoms with Gasteiger partial charge in [-0.1, -0.05) is 0 Å². The molecule has 0 radical (unpaired) electrons. The van der Waals surface area contributed by atoms with Crippen LogP contribution in [0.2, 0.25) is 0 Å². The average molecular weight is 165 g/mol. The molecule has 0 aromatic carbocycles. The van der Waals surface area contributed by atoms with Crippen molar-refractivity contribution in [3.8, 4) is 0 Å². The standard InChI is InChI=1S/C5H7N7/c6-2-1-3(7)12-5(9-2)10-4(8)11-12/h1H,7H2,(H4,6,8,9,10,11). The van der Waals surface area contributed by atoms with Gasteiger partial charge < -0.3 is 17.2 Å². The summed E-state index contributed by atoms with van der Waals surface area (Å²) >= 11 is 0. The fraction of sp³-hybridized carbons (Fsp3) is 0. The van der Waals surface area contributed by atoms with Gasteiger partial charge in [0.15, 0.2) is 0 Å². The van der Waals surface area contributed by atoms with Crippen LogP contribution in [0.3, 0.4) is 0 Å². The number of anilines is 3. The van der Waals surface area contributed by atoms with E-state index in [1.54, 1.807) is 0 Å². The predicted molar refractivity (Wildman–Crippen MR) is 44.0 cm³/mol. The van der Waals surface area contributed by atoms with Crippen LogP contribution < -0.4 is 17.2 Å². The lowest BCUT2D eigenvalue weighted by atomic mass is 10.5. The number of nitrogen functional groups attached to an aromatic ring is 3. The Morgan fingerprint density at radius 1 is 1.17 bits per heavy atom. The summed E-state index contributed by atoms with van der Waals surface area (Å²) < 4.78 is 1.33. The van der Waals surface area contributed by atoms with E-state index in [2.05, 4.69) is 15.1 Å². The molecular formula is C5H7N7. The number of hydrogen-bond acceptors (Lipinski definition) is 6. The maximum Gasteiger partial charge on any atom is 0.257 e. The molecule has 6 N–H and O–H groups in total. The molecule has 7 nitrogen and oxygen atoms in total. The van der Waals surface area contributed by atoms with E-state index in [-0.39, 0.29) is 5.95 Å². The first kappa shape index (κ1) is 6.65. The first-order valence-corrected chi connectivity index (χ1v) is 3.21. The molecule has 0 saturated heterocycles. The fourth-order valence-electron chi connectivity index (χ4n) is 0.925. The molecule has 7 heteroatoms. The van der Waals surface area contributed by atoms with E-state index in [4.69, 9.17) is 17.2 Å². The topological polar surface area (TPSA) is 121 Å². The summed E-state index contributed by atoms with van der Waals surface area (Å²) in [5, 5.41) is 3.79. The molecule has 0 aliphatic rings. The van der Waals surface area contributed by atoms with Gasteiger partial charge in [0.2, 0.25) is 5.95 Å². The second kappa shape index (κ2) is 1.97. The van der Waals surface area contributed by atoms with Crippen molar-refractivity contribution in [2.24, 2.45) is 0 Å². The van der Waals surface area contributed by atoms with Crippen molar-refractivity contribution < 1.29 is 0 Å². The minimum atomic E-state index is 0.125. The van der Waals surface area contributed by atoms with E-state index < -0.39 is 0 Å². The van der Waals surface area contributed by atoms with Gasteiger partial charge in [0.1, 0.15) is 11.6 Å². The number of nitrogens with zero attached hydrogens (tertiary/aromatic N) is 4. The van der Waals surface area contributed by atoms with Crippen molar-refractivity contribution in [3.63, 3.8) is 0 Å². The van der Waals surface area contributed by atoms with Crippen molar-refractivity contribution in [2.75, 3.05) is 17.2 Å². The van der Waals surface area contributed by atoms with Gasteiger partial charge >= 0.3 is 0 Å². The number of fused-ring (bicyclic) bond motifs is 1. The van der Waals surface area contributed by atoms with Gasteiger partial charge in [-0.2, -0.15) is 14.5 Å². The van der Waals surface area contributed by atoms with Crippen LogP contribution in [0.1, 0.15) is 0 Å². The van der Waals surface area contributed by atoms with Gasteiger partial charge in [-0.3, -0.25) is 0 Å². The van der Waals surface area contributed by atoms with Crippen molar-refractivity contribution in [3.05, 3.63) is 6.07 Å². The Kier molecular flexibility index (Phi) is 1.09. The monoisotopic (exact) mass is 165 g/mol. The summed E-state index contributed by atoms with van der Waals surface area (Å²) in [5.41, 5.74) is 16.3. The van der Waals surface area contributed by atoms with Gasteiger partial charge in [-0.25, -0.2) is 0 Å². The molecule has 0 atom stereocenters. The molecule has 0 saturated carbocycles. The molecule has 2 rings (SSSR count). The molecule has 2 heterocycles. The van der Waals surface area contributed by atoms with Gasteiger partial charge in [0.05, 0.1) is 0 Å². The van der Waals surface area contributed by atoms with Crippen molar-refractivity contribution in [1.29, 1.82) is 0 Å². The highest BCUT2D eigenvalue weighted by Crippen LogP contribution is 2.09. The Balaban J connectivity index is 2.88. The molecule has 0 unspecified atom stereocenters. The lowest BCUT2D eigenvalue weighted by molar-refractivity contribution is 0.959. The highest BCUT2D eigenvalue weighted by molar-refractivity contribution is 5.50.